The molecule has 1 aromatic carbocycles. The van der Waals surface area contributed by atoms with E-state index in [1.165, 1.54) is 12.0 Å². The summed E-state index contributed by atoms with van der Waals surface area (Å²) in [6, 6.07) is 3.60. The zero-order chi connectivity index (χ0) is 11.1. The van der Waals surface area contributed by atoms with E-state index in [0.29, 0.717) is 5.92 Å². The van der Waals surface area contributed by atoms with Crippen LogP contribution >= 0.6 is 17.0 Å². The lowest BCUT2D eigenvalue weighted by atomic mass is 9.72. The molecule has 2 atom stereocenters. The number of piperidine rings is 1. The van der Waals surface area contributed by atoms with Crippen molar-refractivity contribution in [1.82, 2.24) is 5.32 Å². The van der Waals surface area contributed by atoms with Gasteiger partial charge in [0.25, 0.3) is 0 Å². The predicted molar refractivity (Wildman–Crippen MR) is 72.1 cm³/mol. The summed E-state index contributed by atoms with van der Waals surface area (Å²) in [4.78, 5) is 0. The van der Waals surface area contributed by atoms with E-state index < -0.39 is 0 Å². The molecule has 3 nitrogen and oxygen atoms in total. The second-order valence-corrected chi connectivity index (χ2v) is 4.90. The van der Waals surface area contributed by atoms with Crippen molar-refractivity contribution in [2.45, 2.75) is 25.2 Å². The van der Waals surface area contributed by atoms with Crippen LogP contribution in [0.15, 0.2) is 12.1 Å². The Kier molecular flexibility index (Phi) is 3.64. The van der Waals surface area contributed by atoms with Crippen LogP contribution in [0.5, 0.6) is 11.5 Å². The fourth-order valence-corrected chi connectivity index (χ4v) is 3.20. The van der Waals surface area contributed by atoms with Crippen LogP contribution in [0.25, 0.3) is 0 Å². The summed E-state index contributed by atoms with van der Waals surface area (Å²) in [6.07, 6.45) is 3.26. The van der Waals surface area contributed by atoms with Crippen molar-refractivity contribution in [2.75, 3.05) is 13.1 Å². The molecule has 1 aliphatic carbocycles. The van der Waals surface area contributed by atoms with Crippen molar-refractivity contribution in [3.8, 4) is 11.5 Å². The molecule has 1 fully saturated rings. The van der Waals surface area contributed by atoms with E-state index in [-0.39, 0.29) is 28.5 Å². The second kappa shape index (κ2) is 4.86. The van der Waals surface area contributed by atoms with Gasteiger partial charge >= 0.3 is 0 Å². The van der Waals surface area contributed by atoms with E-state index in [1.54, 1.807) is 6.07 Å². The van der Waals surface area contributed by atoms with Crippen LogP contribution in [0.2, 0.25) is 0 Å². The maximum atomic E-state index is 9.86. The zero-order valence-electron chi connectivity index (χ0n) is 9.65. The third kappa shape index (κ3) is 2.04. The van der Waals surface area contributed by atoms with Crippen LogP contribution in [0.3, 0.4) is 0 Å². The standard InChI is InChI=1S/C13H17NO2.BrH/c15-12-4-3-9-10(13(12)16)2-1-8-5-6-14-7-11(8)9;/h3-4,8,11,14-16H,1-2,5-7H2;1H/t8-,11+;/m1./s1. The molecule has 0 aromatic heterocycles. The van der Waals surface area contributed by atoms with Gasteiger partial charge in [-0.1, -0.05) is 6.07 Å². The lowest BCUT2D eigenvalue weighted by Crippen LogP contribution is -2.37. The molecule has 0 unspecified atom stereocenters. The predicted octanol–water partition coefficient (Wildman–Crippen LogP) is 2.31. The van der Waals surface area contributed by atoms with Gasteiger partial charge < -0.3 is 15.5 Å². The molecule has 0 radical (unpaired) electrons. The summed E-state index contributed by atoms with van der Waals surface area (Å²) >= 11 is 0. The van der Waals surface area contributed by atoms with E-state index in [9.17, 15) is 10.2 Å². The van der Waals surface area contributed by atoms with Crippen LogP contribution in [0, 0.1) is 5.92 Å². The molecule has 1 saturated heterocycles. The van der Waals surface area contributed by atoms with E-state index >= 15 is 0 Å². The normalized spacial score (nSPS) is 26.6. The summed E-state index contributed by atoms with van der Waals surface area (Å²) < 4.78 is 0. The van der Waals surface area contributed by atoms with Gasteiger partial charge in [-0.15, -0.1) is 17.0 Å². The Morgan fingerprint density at radius 2 is 2.00 bits per heavy atom. The highest BCUT2D eigenvalue weighted by atomic mass is 79.9. The third-order valence-corrected chi connectivity index (χ3v) is 4.09. The lowest BCUT2D eigenvalue weighted by Gasteiger charge is -2.37. The fraction of sp³-hybridized carbons (Fsp3) is 0.538. The first kappa shape index (κ1) is 12.7. The minimum atomic E-state index is 0. The Hall–Kier alpha value is -0.740. The number of fused-ring (bicyclic) bond motifs is 3. The van der Waals surface area contributed by atoms with Crippen molar-refractivity contribution in [3.63, 3.8) is 0 Å². The first-order valence-corrected chi connectivity index (χ1v) is 6.02. The maximum Gasteiger partial charge on any atom is 0.160 e. The van der Waals surface area contributed by atoms with Gasteiger partial charge in [0.15, 0.2) is 11.5 Å². The van der Waals surface area contributed by atoms with Crippen LogP contribution in [0.1, 0.15) is 29.9 Å². The van der Waals surface area contributed by atoms with Crippen molar-refractivity contribution in [1.29, 1.82) is 0 Å². The smallest absolute Gasteiger partial charge is 0.160 e. The maximum absolute atomic E-state index is 9.86. The quantitative estimate of drug-likeness (QED) is 0.645. The van der Waals surface area contributed by atoms with Gasteiger partial charge in [0.05, 0.1) is 0 Å². The van der Waals surface area contributed by atoms with E-state index in [0.717, 1.165) is 37.4 Å². The molecule has 3 rings (SSSR count). The van der Waals surface area contributed by atoms with E-state index in [1.807, 2.05) is 6.07 Å². The Morgan fingerprint density at radius 1 is 1.18 bits per heavy atom. The Morgan fingerprint density at radius 3 is 2.82 bits per heavy atom. The monoisotopic (exact) mass is 299 g/mol. The summed E-state index contributed by atoms with van der Waals surface area (Å²) in [5, 5.41) is 22.8. The molecule has 0 saturated carbocycles. The molecule has 1 aliphatic heterocycles. The lowest BCUT2D eigenvalue weighted by molar-refractivity contribution is 0.286. The molecule has 4 heteroatoms. The average Bonchev–Trinajstić information content (AvgIpc) is 2.33. The topological polar surface area (TPSA) is 52.5 Å². The Bertz CT molecular complexity index is 422. The third-order valence-electron chi connectivity index (χ3n) is 4.09. The molecule has 17 heavy (non-hydrogen) atoms. The van der Waals surface area contributed by atoms with Gasteiger partial charge in [-0.2, -0.15) is 0 Å². The Balaban J connectivity index is 0.00000108. The molecule has 3 N–H and O–H groups in total. The van der Waals surface area contributed by atoms with Gasteiger partial charge in [0, 0.05) is 12.1 Å². The molecule has 2 aliphatic rings. The molecule has 1 heterocycles. The van der Waals surface area contributed by atoms with E-state index in [4.69, 9.17) is 0 Å². The van der Waals surface area contributed by atoms with Crippen LogP contribution in [0.4, 0.5) is 0 Å². The number of hydrogen-bond acceptors (Lipinski definition) is 3. The van der Waals surface area contributed by atoms with Gasteiger partial charge in [0.1, 0.15) is 0 Å². The molecular formula is C13H18BrNO2. The molecule has 0 spiro atoms. The zero-order valence-corrected chi connectivity index (χ0v) is 11.4. The number of phenols is 2. The van der Waals surface area contributed by atoms with Crippen molar-refractivity contribution in [3.05, 3.63) is 23.3 Å². The summed E-state index contributed by atoms with van der Waals surface area (Å²) in [5.41, 5.74) is 2.20. The van der Waals surface area contributed by atoms with Crippen LogP contribution in [-0.4, -0.2) is 23.3 Å². The van der Waals surface area contributed by atoms with Crippen molar-refractivity contribution < 1.29 is 10.2 Å². The number of halogens is 1. The summed E-state index contributed by atoms with van der Waals surface area (Å²) in [5.74, 6) is 1.38. The number of rotatable bonds is 0. The van der Waals surface area contributed by atoms with E-state index in [2.05, 4.69) is 5.32 Å². The molecule has 94 valence electrons. The highest BCUT2D eigenvalue weighted by Crippen LogP contribution is 2.44. The second-order valence-electron chi connectivity index (χ2n) is 4.90. The number of hydrogen-bond donors (Lipinski definition) is 3. The molecule has 0 amide bonds. The first-order chi connectivity index (χ1) is 7.77. The highest BCUT2D eigenvalue weighted by molar-refractivity contribution is 8.93. The number of benzene rings is 1. The number of aromatic hydroxyl groups is 2. The Labute approximate surface area is 112 Å². The minimum Gasteiger partial charge on any atom is -0.504 e. The SMILES string of the molecule is Br.Oc1ccc2c(c1O)CC[C@@H]1CCNC[C@H]21. The van der Waals surface area contributed by atoms with Gasteiger partial charge in [0.2, 0.25) is 0 Å². The van der Waals surface area contributed by atoms with Crippen molar-refractivity contribution in [2.24, 2.45) is 5.92 Å². The largest absolute Gasteiger partial charge is 0.504 e. The van der Waals surface area contributed by atoms with Gasteiger partial charge in [-0.05, 0) is 49.3 Å². The molecular weight excluding hydrogens is 282 g/mol. The van der Waals surface area contributed by atoms with Crippen molar-refractivity contribution >= 4 is 17.0 Å². The average molecular weight is 300 g/mol. The number of nitrogens with one attached hydrogen (secondary N) is 1. The highest BCUT2D eigenvalue weighted by Gasteiger charge is 2.33. The van der Waals surface area contributed by atoms with Crippen LogP contribution in [-0.2, 0) is 6.42 Å². The fourth-order valence-electron chi connectivity index (χ4n) is 3.20. The summed E-state index contributed by atoms with van der Waals surface area (Å²) in [6.45, 7) is 2.11. The summed E-state index contributed by atoms with van der Waals surface area (Å²) in [7, 11) is 0. The molecule has 1 aromatic rings. The van der Waals surface area contributed by atoms with Crippen LogP contribution < -0.4 is 5.32 Å². The first-order valence-electron chi connectivity index (χ1n) is 6.02. The number of phenolic OH excluding ortho intramolecular Hbond substituents is 2. The molecule has 0 bridgehead atoms. The van der Waals surface area contributed by atoms with Gasteiger partial charge in [-0.25, -0.2) is 0 Å². The minimum absolute atomic E-state index is 0. The van der Waals surface area contributed by atoms with Gasteiger partial charge in [-0.3, -0.25) is 0 Å².